The van der Waals surface area contributed by atoms with Crippen molar-refractivity contribution < 1.29 is 4.79 Å². The second-order valence-electron chi connectivity index (χ2n) is 5.96. The highest BCUT2D eigenvalue weighted by molar-refractivity contribution is 6.17. The van der Waals surface area contributed by atoms with Crippen LogP contribution in [0.3, 0.4) is 0 Å². The van der Waals surface area contributed by atoms with Crippen LogP contribution in [0.1, 0.15) is 65.2 Å². The lowest BCUT2D eigenvalue weighted by Gasteiger charge is -2.23. The molecule has 0 spiro atoms. The molecule has 0 saturated heterocycles. The van der Waals surface area contributed by atoms with E-state index in [0.717, 1.165) is 6.42 Å². The van der Waals surface area contributed by atoms with Gasteiger partial charge in [-0.1, -0.05) is 39.5 Å². The van der Waals surface area contributed by atoms with Crippen molar-refractivity contribution in [2.45, 2.75) is 71.3 Å². The molecule has 0 heterocycles. The minimum atomic E-state index is 0.228. The summed E-state index contributed by atoms with van der Waals surface area (Å²) in [5, 5.41) is 3.16. The van der Waals surface area contributed by atoms with Crippen LogP contribution in [0.4, 0.5) is 0 Å². The average molecular weight is 274 g/mol. The SMILES string of the molecule is CC(C)C(CCCl)NC(=O)CC1CCCCCC1. The largest absolute Gasteiger partial charge is 0.353 e. The summed E-state index contributed by atoms with van der Waals surface area (Å²) in [5.41, 5.74) is 0. The number of nitrogens with one attached hydrogen (secondary N) is 1. The minimum Gasteiger partial charge on any atom is -0.353 e. The number of carbonyl (C=O) groups excluding carboxylic acids is 1. The molecule has 3 heteroatoms. The maximum absolute atomic E-state index is 12.1. The quantitative estimate of drug-likeness (QED) is 0.572. The van der Waals surface area contributed by atoms with Gasteiger partial charge in [-0.15, -0.1) is 11.6 Å². The lowest BCUT2D eigenvalue weighted by Crippen LogP contribution is -2.39. The van der Waals surface area contributed by atoms with Crippen molar-refractivity contribution in [2.75, 3.05) is 5.88 Å². The first-order valence-corrected chi connectivity index (χ1v) is 8.02. The Labute approximate surface area is 117 Å². The van der Waals surface area contributed by atoms with Crippen LogP contribution in [-0.2, 0) is 4.79 Å². The first-order valence-electron chi connectivity index (χ1n) is 7.48. The average Bonchev–Trinajstić information content (AvgIpc) is 2.57. The van der Waals surface area contributed by atoms with Crippen LogP contribution >= 0.6 is 11.6 Å². The maximum atomic E-state index is 12.1. The predicted octanol–water partition coefficient (Wildman–Crippen LogP) is 4.12. The van der Waals surface area contributed by atoms with Crippen LogP contribution in [0.2, 0.25) is 0 Å². The zero-order chi connectivity index (χ0) is 13.4. The molecule has 1 unspecified atom stereocenters. The van der Waals surface area contributed by atoms with Crippen molar-refractivity contribution in [3.05, 3.63) is 0 Å². The summed E-state index contributed by atoms with van der Waals surface area (Å²) in [6.07, 6.45) is 9.34. The van der Waals surface area contributed by atoms with Crippen molar-refractivity contribution in [3.63, 3.8) is 0 Å². The van der Waals surface area contributed by atoms with Crippen LogP contribution < -0.4 is 5.32 Å². The summed E-state index contributed by atoms with van der Waals surface area (Å²) < 4.78 is 0. The number of halogens is 1. The molecule has 18 heavy (non-hydrogen) atoms. The highest BCUT2D eigenvalue weighted by Gasteiger charge is 2.19. The summed E-state index contributed by atoms with van der Waals surface area (Å²) in [4.78, 5) is 12.1. The molecule has 2 nitrogen and oxygen atoms in total. The van der Waals surface area contributed by atoms with Gasteiger partial charge in [0.1, 0.15) is 0 Å². The zero-order valence-corrected chi connectivity index (χ0v) is 12.6. The Kier molecular flexibility index (Phi) is 7.73. The van der Waals surface area contributed by atoms with Crippen LogP contribution in [0.5, 0.6) is 0 Å². The van der Waals surface area contributed by atoms with E-state index >= 15 is 0 Å². The van der Waals surface area contributed by atoms with Crippen LogP contribution in [0.25, 0.3) is 0 Å². The summed E-state index contributed by atoms with van der Waals surface area (Å²) in [5.74, 6) is 1.91. The van der Waals surface area contributed by atoms with Crippen LogP contribution in [0.15, 0.2) is 0 Å². The second kappa shape index (κ2) is 8.79. The van der Waals surface area contributed by atoms with Gasteiger partial charge < -0.3 is 5.32 Å². The van der Waals surface area contributed by atoms with Gasteiger partial charge in [0.2, 0.25) is 5.91 Å². The molecule has 1 saturated carbocycles. The fraction of sp³-hybridized carbons (Fsp3) is 0.933. The van der Waals surface area contributed by atoms with Crippen molar-refractivity contribution >= 4 is 17.5 Å². The molecule has 1 atom stereocenters. The van der Waals surface area contributed by atoms with Gasteiger partial charge in [-0.2, -0.15) is 0 Å². The molecule has 0 aliphatic heterocycles. The molecule has 0 aromatic heterocycles. The molecule has 1 aliphatic rings. The molecule has 0 aromatic carbocycles. The molecule has 0 bridgehead atoms. The number of rotatable bonds is 6. The molecule has 0 radical (unpaired) electrons. The maximum Gasteiger partial charge on any atom is 0.220 e. The van der Waals surface area contributed by atoms with Gasteiger partial charge in [-0.25, -0.2) is 0 Å². The zero-order valence-electron chi connectivity index (χ0n) is 11.9. The number of carbonyl (C=O) groups is 1. The van der Waals surface area contributed by atoms with Gasteiger partial charge >= 0.3 is 0 Å². The van der Waals surface area contributed by atoms with Crippen molar-refractivity contribution in [1.29, 1.82) is 0 Å². The number of hydrogen-bond donors (Lipinski definition) is 1. The second-order valence-corrected chi connectivity index (χ2v) is 6.34. The van der Waals surface area contributed by atoms with Crippen LogP contribution in [-0.4, -0.2) is 17.8 Å². The molecule has 1 N–H and O–H groups in total. The topological polar surface area (TPSA) is 29.1 Å². The van der Waals surface area contributed by atoms with E-state index in [1.807, 2.05) is 0 Å². The Hall–Kier alpha value is -0.240. The molecule has 1 fully saturated rings. The summed E-state index contributed by atoms with van der Waals surface area (Å²) in [6.45, 7) is 4.28. The Morgan fingerprint density at radius 3 is 2.33 bits per heavy atom. The van der Waals surface area contributed by atoms with Gasteiger partial charge in [0.25, 0.3) is 0 Å². The van der Waals surface area contributed by atoms with Gasteiger partial charge in [0, 0.05) is 18.3 Å². The van der Waals surface area contributed by atoms with E-state index in [0.29, 0.717) is 24.1 Å². The lowest BCUT2D eigenvalue weighted by atomic mass is 9.95. The van der Waals surface area contributed by atoms with Crippen LogP contribution in [0, 0.1) is 11.8 Å². The predicted molar refractivity (Wildman–Crippen MR) is 77.9 cm³/mol. The normalized spacial score (nSPS) is 19.6. The Morgan fingerprint density at radius 2 is 1.83 bits per heavy atom. The highest BCUT2D eigenvalue weighted by Crippen LogP contribution is 2.25. The molecular weight excluding hydrogens is 246 g/mol. The van der Waals surface area contributed by atoms with Gasteiger partial charge in [0.05, 0.1) is 0 Å². The van der Waals surface area contributed by atoms with E-state index in [9.17, 15) is 4.79 Å². The summed E-state index contributed by atoms with van der Waals surface area (Å²) in [7, 11) is 0. The molecule has 1 aliphatic carbocycles. The molecule has 1 rings (SSSR count). The third-order valence-corrected chi connectivity index (χ3v) is 4.24. The number of hydrogen-bond acceptors (Lipinski definition) is 1. The lowest BCUT2D eigenvalue weighted by molar-refractivity contribution is -0.123. The van der Waals surface area contributed by atoms with Crippen molar-refractivity contribution in [1.82, 2.24) is 5.32 Å². The van der Waals surface area contributed by atoms with E-state index in [1.54, 1.807) is 0 Å². The van der Waals surface area contributed by atoms with E-state index in [1.165, 1.54) is 38.5 Å². The minimum absolute atomic E-state index is 0.228. The van der Waals surface area contributed by atoms with Gasteiger partial charge in [0.15, 0.2) is 0 Å². The fourth-order valence-electron chi connectivity index (χ4n) is 2.79. The Morgan fingerprint density at radius 1 is 1.22 bits per heavy atom. The first-order chi connectivity index (χ1) is 8.63. The summed E-state index contributed by atoms with van der Waals surface area (Å²) >= 11 is 5.79. The molecule has 1 amide bonds. The molecular formula is C15H28ClNO. The summed E-state index contributed by atoms with van der Waals surface area (Å²) in [6, 6.07) is 0.237. The van der Waals surface area contributed by atoms with Crippen molar-refractivity contribution in [2.24, 2.45) is 11.8 Å². The van der Waals surface area contributed by atoms with E-state index in [2.05, 4.69) is 19.2 Å². The molecule has 0 aromatic rings. The highest BCUT2D eigenvalue weighted by atomic mass is 35.5. The van der Waals surface area contributed by atoms with E-state index < -0.39 is 0 Å². The standard InChI is InChI=1S/C15H28ClNO/c1-12(2)14(9-10-16)17-15(18)11-13-7-5-3-4-6-8-13/h12-14H,3-11H2,1-2H3,(H,17,18). The van der Waals surface area contributed by atoms with E-state index in [-0.39, 0.29) is 11.9 Å². The third kappa shape index (κ3) is 6.08. The van der Waals surface area contributed by atoms with Crippen molar-refractivity contribution in [3.8, 4) is 0 Å². The first kappa shape index (κ1) is 15.8. The fourth-order valence-corrected chi connectivity index (χ4v) is 3.02. The van der Waals surface area contributed by atoms with Gasteiger partial charge in [-0.3, -0.25) is 4.79 Å². The molecule has 106 valence electrons. The van der Waals surface area contributed by atoms with Gasteiger partial charge in [-0.05, 0) is 31.1 Å². The Bertz CT molecular complexity index is 235. The van der Waals surface area contributed by atoms with E-state index in [4.69, 9.17) is 11.6 Å². The number of amides is 1. The smallest absolute Gasteiger partial charge is 0.220 e. The Balaban J connectivity index is 2.34. The third-order valence-electron chi connectivity index (χ3n) is 4.02. The number of alkyl halides is 1. The monoisotopic (exact) mass is 273 g/mol.